The highest BCUT2D eigenvalue weighted by atomic mass is 16.5. The minimum Gasteiger partial charge on any atom is -0.456 e. The van der Waals surface area contributed by atoms with Gasteiger partial charge in [-0.25, -0.2) is 0 Å². The summed E-state index contributed by atoms with van der Waals surface area (Å²) in [5.41, 5.74) is 17.0. The van der Waals surface area contributed by atoms with Crippen LogP contribution in [0.5, 0.6) is 23.0 Å². The third kappa shape index (κ3) is 13.4. The van der Waals surface area contributed by atoms with Gasteiger partial charge >= 0.3 is 0 Å². The Hall–Kier alpha value is -8.60. The normalized spacial score (nSPS) is 10.2. The van der Waals surface area contributed by atoms with Crippen LogP contribution in [-0.4, -0.2) is 9.13 Å². The molecule has 12 aromatic rings. The van der Waals surface area contributed by atoms with E-state index in [4.69, 9.17) is 9.47 Å². The van der Waals surface area contributed by atoms with Crippen LogP contribution in [-0.2, 0) is 13.1 Å². The maximum atomic E-state index is 6.41. The maximum absolute atomic E-state index is 6.41. The van der Waals surface area contributed by atoms with Gasteiger partial charge < -0.3 is 18.6 Å². The largest absolute Gasteiger partial charge is 0.456 e. The highest BCUT2D eigenvalue weighted by molar-refractivity contribution is 6.09. The van der Waals surface area contributed by atoms with E-state index in [0.29, 0.717) is 0 Å². The van der Waals surface area contributed by atoms with Crippen LogP contribution in [0, 0.1) is 0 Å². The Morgan fingerprint density at radius 2 is 0.549 bits per heavy atom. The number of aromatic nitrogens is 2. The Morgan fingerprint density at radius 1 is 0.244 bits per heavy atom. The predicted molar refractivity (Wildman–Crippen MR) is 363 cm³/mol. The van der Waals surface area contributed by atoms with Crippen molar-refractivity contribution in [2.45, 2.75) is 124 Å². The summed E-state index contributed by atoms with van der Waals surface area (Å²) in [5.74, 6) is 3.60. The Labute approximate surface area is 492 Å². The Kier molecular flexibility index (Phi) is 26.0. The number of fused-ring (bicyclic) bond motifs is 16. The van der Waals surface area contributed by atoms with E-state index in [1.165, 1.54) is 77.0 Å². The van der Waals surface area contributed by atoms with Crippen LogP contribution in [0.1, 0.15) is 122 Å². The summed E-state index contributed by atoms with van der Waals surface area (Å²) in [5, 5.41) is 5.19. The van der Waals surface area contributed by atoms with Crippen molar-refractivity contribution in [2.24, 2.45) is 0 Å². The number of para-hydroxylation sites is 8. The van der Waals surface area contributed by atoms with Gasteiger partial charge in [0.2, 0.25) is 0 Å². The molecule has 0 fully saturated rings. The molecule has 0 radical (unpaired) electrons. The molecule has 0 spiro atoms. The van der Waals surface area contributed by atoms with Crippen LogP contribution in [0.2, 0.25) is 0 Å². The lowest BCUT2D eigenvalue weighted by Gasteiger charge is -2.16. The Balaban J connectivity index is 0.000000242. The first-order valence-electron chi connectivity index (χ1n) is 30.7. The van der Waals surface area contributed by atoms with Crippen molar-refractivity contribution >= 4 is 43.6 Å². The molecule has 4 nitrogen and oxygen atoms in total. The minimum atomic E-state index is 0.785. The lowest BCUT2D eigenvalue weighted by atomic mass is 9.90. The van der Waals surface area contributed by atoms with E-state index in [0.717, 1.165) is 58.3 Å². The molecule has 4 heteroatoms. The topological polar surface area (TPSA) is 28.3 Å². The standard InChI is InChI=1S/2C31H21NO.8C2H6/c1-5-16-27-22(11-1)23-12-2-6-17-28(23)32(27)20-21-10-9-15-25-24-13-3-7-18-29(24)33-30-19-8-4-14-26(30)31(21)25;1-5-13-28-23(9-1)24-10-2-6-14-29(24)32(28)20-21-17-18-22-25-11-3-7-15-30(25)33-31-16-8-4-12-26(31)27(22)19-21;8*1-2/h2*1-19H,20H2;8*1-2H3. The number of benzene rings is 10. The Bertz CT molecular complexity index is 3710. The molecule has 0 bridgehead atoms. The maximum Gasteiger partial charge on any atom is 0.135 e. The average Bonchev–Trinajstić information content (AvgIpc) is 4.14. The third-order valence-corrected chi connectivity index (χ3v) is 13.4. The zero-order valence-electron chi connectivity index (χ0n) is 52.1. The zero-order valence-corrected chi connectivity index (χ0v) is 52.1. The van der Waals surface area contributed by atoms with Crippen molar-refractivity contribution in [1.82, 2.24) is 9.13 Å². The first kappa shape index (κ1) is 64.2. The summed E-state index contributed by atoms with van der Waals surface area (Å²) in [6, 6.07) is 81.6. The van der Waals surface area contributed by atoms with Crippen LogP contribution < -0.4 is 9.47 Å². The number of hydrogen-bond donors (Lipinski definition) is 0. The summed E-state index contributed by atoms with van der Waals surface area (Å²) < 4.78 is 17.6. The second-order valence-electron chi connectivity index (χ2n) is 17.1. The number of nitrogens with zero attached hydrogens (tertiary/aromatic N) is 2. The monoisotopic (exact) mass is 1090 g/mol. The van der Waals surface area contributed by atoms with E-state index in [-0.39, 0.29) is 0 Å². The van der Waals surface area contributed by atoms with Crippen LogP contribution in [0.15, 0.2) is 231 Å². The first-order chi connectivity index (χ1) is 40.7. The number of hydrogen-bond acceptors (Lipinski definition) is 2. The van der Waals surface area contributed by atoms with Gasteiger partial charge in [0.05, 0.1) is 0 Å². The van der Waals surface area contributed by atoms with E-state index in [1.807, 2.05) is 141 Å². The minimum absolute atomic E-state index is 0.785. The predicted octanol–water partition coefficient (Wildman–Crippen LogP) is 24.8. The van der Waals surface area contributed by atoms with Gasteiger partial charge in [0.1, 0.15) is 23.0 Å². The summed E-state index contributed by atoms with van der Waals surface area (Å²) in [6.45, 7) is 33.6. The van der Waals surface area contributed by atoms with Gasteiger partial charge in [-0.05, 0) is 88.0 Å². The first-order valence-corrected chi connectivity index (χ1v) is 30.7. The van der Waals surface area contributed by atoms with Gasteiger partial charge in [-0.3, -0.25) is 0 Å². The Morgan fingerprint density at radius 3 is 0.963 bits per heavy atom. The summed E-state index contributed by atoms with van der Waals surface area (Å²) in [7, 11) is 0. The van der Waals surface area contributed by atoms with Crippen LogP contribution in [0.25, 0.3) is 88.1 Å². The quantitative estimate of drug-likeness (QED) is 0.176. The van der Waals surface area contributed by atoms with Crippen LogP contribution in [0.3, 0.4) is 0 Å². The average molecular weight is 1090 g/mol. The summed E-state index contributed by atoms with van der Waals surface area (Å²) in [6.07, 6.45) is 0. The molecule has 2 aliphatic heterocycles. The zero-order chi connectivity index (χ0) is 59.6. The molecule has 2 aliphatic rings. The van der Waals surface area contributed by atoms with Gasteiger partial charge in [-0.1, -0.05) is 287 Å². The second-order valence-corrected chi connectivity index (χ2v) is 17.1. The SMILES string of the molecule is CC.CC.CC.CC.CC.CC.CC.CC.c1ccc2c(c1)Oc1ccccc1-c1c(Cn3c4ccccc4c4ccccc43)cccc1-2.c1ccc2c(c1)Oc1ccccc1-c1cc(Cn3c4ccccc4c4ccccc43)ccc1-2. The van der Waals surface area contributed by atoms with Crippen molar-refractivity contribution in [3.05, 3.63) is 242 Å². The van der Waals surface area contributed by atoms with E-state index >= 15 is 0 Å². The van der Waals surface area contributed by atoms with Gasteiger partial charge in [0.25, 0.3) is 0 Å². The van der Waals surface area contributed by atoms with Gasteiger partial charge in [-0.15, -0.1) is 0 Å². The van der Waals surface area contributed by atoms with Gasteiger partial charge in [0, 0.05) is 79.0 Å². The highest BCUT2D eigenvalue weighted by Gasteiger charge is 2.24. The second kappa shape index (κ2) is 33.2. The molecule has 82 heavy (non-hydrogen) atoms. The number of rotatable bonds is 4. The molecule has 14 rings (SSSR count). The van der Waals surface area contributed by atoms with E-state index in [9.17, 15) is 0 Å². The van der Waals surface area contributed by atoms with E-state index in [2.05, 4.69) is 209 Å². The van der Waals surface area contributed by atoms with Gasteiger partial charge in [0.15, 0.2) is 0 Å². The van der Waals surface area contributed by atoms with Crippen molar-refractivity contribution in [3.63, 3.8) is 0 Å². The summed E-state index contributed by atoms with van der Waals surface area (Å²) in [4.78, 5) is 0. The summed E-state index contributed by atoms with van der Waals surface area (Å²) >= 11 is 0. The molecule has 0 atom stereocenters. The molecular weight excluding hydrogens is 997 g/mol. The molecule has 10 aromatic carbocycles. The fraction of sp³-hybridized carbons (Fsp3) is 0.231. The van der Waals surface area contributed by atoms with E-state index in [1.54, 1.807) is 0 Å². The molecule has 4 heterocycles. The smallest absolute Gasteiger partial charge is 0.135 e. The fourth-order valence-corrected chi connectivity index (χ4v) is 10.5. The van der Waals surface area contributed by atoms with Crippen LogP contribution >= 0.6 is 0 Å². The third-order valence-electron chi connectivity index (χ3n) is 13.4. The highest BCUT2D eigenvalue weighted by Crippen LogP contribution is 2.49. The van der Waals surface area contributed by atoms with Crippen molar-refractivity contribution in [2.75, 3.05) is 0 Å². The van der Waals surface area contributed by atoms with Crippen molar-refractivity contribution in [3.8, 4) is 67.5 Å². The molecule has 424 valence electrons. The molecule has 0 saturated carbocycles. The lowest BCUT2D eigenvalue weighted by molar-refractivity contribution is 0.487. The van der Waals surface area contributed by atoms with Crippen LogP contribution in [0.4, 0.5) is 0 Å². The molecule has 2 aromatic heterocycles. The van der Waals surface area contributed by atoms with Crippen molar-refractivity contribution in [1.29, 1.82) is 0 Å². The van der Waals surface area contributed by atoms with Gasteiger partial charge in [-0.2, -0.15) is 0 Å². The lowest BCUT2D eigenvalue weighted by Crippen LogP contribution is -2.02. The molecule has 0 saturated heterocycles. The molecule has 0 amide bonds. The molecule has 0 N–H and O–H groups in total. The number of ether oxygens (including phenoxy) is 2. The molecule has 0 aliphatic carbocycles. The molecule has 0 unspecified atom stereocenters. The molecular formula is C78H90N2O2. The van der Waals surface area contributed by atoms with Crippen molar-refractivity contribution < 1.29 is 9.47 Å². The van der Waals surface area contributed by atoms with E-state index < -0.39 is 0 Å². The fourth-order valence-electron chi connectivity index (χ4n) is 10.5.